The molecular formula is C16H18N2O5. The predicted octanol–water partition coefficient (Wildman–Crippen LogP) is 0.552. The van der Waals surface area contributed by atoms with Crippen LogP contribution >= 0.6 is 0 Å². The number of carbonyl (C=O) groups excluding carboxylic acids is 2. The van der Waals surface area contributed by atoms with Crippen molar-refractivity contribution in [3.05, 3.63) is 35.4 Å². The van der Waals surface area contributed by atoms with Crippen molar-refractivity contribution in [2.75, 3.05) is 13.2 Å². The van der Waals surface area contributed by atoms with Crippen LogP contribution in [0.1, 0.15) is 40.0 Å². The molecule has 1 heterocycles. The Kier molecular flexibility index (Phi) is 4.04. The van der Waals surface area contributed by atoms with E-state index >= 15 is 0 Å². The van der Waals surface area contributed by atoms with Crippen molar-refractivity contribution < 1.29 is 24.2 Å². The zero-order valence-electron chi connectivity index (χ0n) is 12.5. The van der Waals surface area contributed by atoms with Gasteiger partial charge in [-0.1, -0.05) is 0 Å². The molecule has 1 aliphatic carbocycles. The fourth-order valence-electron chi connectivity index (χ4n) is 2.44. The van der Waals surface area contributed by atoms with Crippen LogP contribution in [-0.2, 0) is 9.53 Å². The van der Waals surface area contributed by atoms with E-state index in [1.165, 1.54) is 12.1 Å². The molecule has 122 valence electrons. The van der Waals surface area contributed by atoms with Crippen molar-refractivity contribution in [1.82, 2.24) is 10.6 Å². The third-order valence-corrected chi connectivity index (χ3v) is 4.11. The first-order valence-electron chi connectivity index (χ1n) is 7.55. The number of carboxylic acids is 1. The maximum atomic E-state index is 12.2. The Morgan fingerprint density at radius 2 is 1.70 bits per heavy atom. The van der Waals surface area contributed by atoms with Gasteiger partial charge < -0.3 is 20.5 Å². The molecule has 23 heavy (non-hydrogen) atoms. The first-order chi connectivity index (χ1) is 11.0. The normalized spacial score (nSPS) is 23.3. The molecule has 2 fully saturated rings. The van der Waals surface area contributed by atoms with Gasteiger partial charge in [0.1, 0.15) is 0 Å². The fraction of sp³-hybridized carbons (Fsp3) is 0.438. The number of aliphatic carboxylic acids is 1. The Morgan fingerprint density at radius 3 is 2.17 bits per heavy atom. The highest BCUT2D eigenvalue weighted by Crippen LogP contribution is 2.21. The number of amides is 2. The quantitative estimate of drug-likeness (QED) is 0.735. The van der Waals surface area contributed by atoms with Gasteiger partial charge in [-0.2, -0.15) is 0 Å². The van der Waals surface area contributed by atoms with Gasteiger partial charge in [-0.25, -0.2) is 4.79 Å². The molecule has 1 aliphatic heterocycles. The summed E-state index contributed by atoms with van der Waals surface area (Å²) in [6, 6.07) is 6.42. The largest absolute Gasteiger partial charge is 0.479 e. The summed E-state index contributed by atoms with van der Waals surface area (Å²) in [6.07, 6.45) is 2.24. The van der Waals surface area contributed by atoms with Crippen molar-refractivity contribution in [1.29, 1.82) is 0 Å². The first kappa shape index (κ1) is 15.5. The number of hydrogen-bond acceptors (Lipinski definition) is 4. The van der Waals surface area contributed by atoms with Crippen LogP contribution in [0.2, 0.25) is 0 Å². The Bertz CT molecular complexity index is 630. The SMILES string of the molecule is O=C(NC1CC1)c1ccc(C(=O)NC2(C(=O)O)CCOC2)cc1. The number of nitrogens with one attached hydrogen (secondary N) is 2. The zero-order chi connectivity index (χ0) is 16.4. The Morgan fingerprint density at radius 1 is 1.09 bits per heavy atom. The van der Waals surface area contributed by atoms with Crippen molar-refractivity contribution in [2.45, 2.75) is 30.8 Å². The second-order valence-corrected chi connectivity index (χ2v) is 5.97. The third kappa shape index (κ3) is 3.34. The maximum absolute atomic E-state index is 12.2. The standard InChI is InChI=1S/C16H18N2O5/c19-13(17-12-5-6-12)10-1-3-11(4-2-10)14(20)18-16(15(21)22)7-8-23-9-16/h1-4,12H,5-9H2,(H,17,19)(H,18,20)(H,21,22). The molecular weight excluding hydrogens is 300 g/mol. The van der Waals surface area contributed by atoms with E-state index in [2.05, 4.69) is 10.6 Å². The summed E-state index contributed by atoms with van der Waals surface area (Å²) in [5.74, 6) is -1.76. The lowest BCUT2D eigenvalue weighted by Gasteiger charge is -2.23. The van der Waals surface area contributed by atoms with E-state index in [0.29, 0.717) is 17.7 Å². The van der Waals surface area contributed by atoms with Gasteiger partial charge >= 0.3 is 5.97 Å². The van der Waals surface area contributed by atoms with E-state index in [-0.39, 0.29) is 25.0 Å². The molecule has 1 saturated carbocycles. The number of carbonyl (C=O) groups is 3. The number of carboxylic acid groups (broad SMARTS) is 1. The summed E-state index contributed by atoms with van der Waals surface area (Å²) < 4.78 is 5.10. The van der Waals surface area contributed by atoms with Crippen molar-refractivity contribution in [3.8, 4) is 0 Å². The van der Waals surface area contributed by atoms with Crippen molar-refractivity contribution >= 4 is 17.8 Å². The molecule has 0 spiro atoms. The van der Waals surface area contributed by atoms with Crippen molar-refractivity contribution in [3.63, 3.8) is 0 Å². The summed E-state index contributed by atoms with van der Waals surface area (Å²) in [5.41, 5.74) is -0.592. The van der Waals surface area contributed by atoms with Gasteiger partial charge in [0.15, 0.2) is 5.54 Å². The smallest absolute Gasteiger partial charge is 0.331 e. The van der Waals surface area contributed by atoms with Crippen LogP contribution in [0.25, 0.3) is 0 Å². The lowest BCUT2D eigenvalue weighted by molar-refractivity contribution is -0.144. The monoisotopic (exact) mass is 318 g/mol. The summed E-state index contributed by atoms with van der Waals surface area (Å²) in [6.45, 7) is 0.253. The van der Waals surface area contributed by atoms with Crippen LogP contribution in [0.5, 0.6) is 0 Å². The molecule has 1 aromatic rings. The van der Waals surface area contributed by atoms with Gasteiger partial charge in [-0.15, -0.1) is 0 Å². The lowest BCUT2D eigenvalue weighted by Crippen LogP contribution is -2.55. The van der Waals surface area contributed by atoms with E-state index in [1.807, 2.05) is 0 Å². The predicted molar refractivity (Wildman–Crippen MR) is 80.2 cm³/mol. The molecule has 0 bridgehead atoms. The Balaban J connectivity index is 1.67. The maximum Gasteiger partial charge on any atom is 0.331 e. The Labute approximate surface area is 133 Å². The highest BCUT2D eigenvalue weighted by atomic mass is 16.5. The van der Waals surface area contributed by atoms with Gasteiger partial charge in [0.05, 0.1) is 6.61 Å². The van der Waals surface area contributed by atoms with Crippen LogP contribution in [0.15, 0.2) is 24.3 Å². The minimum atomic E-state index is -1.38. The van der Waals surface area contributed by atoms with E-state index in [4.69, 9.17) is 4.74 Å². The molecule has 1 aromatic carbocycles. The minimum absolute atomic E-state index is 0.0457. The van der Waals surface area contributed by atoms with Gasteiger partial charge in [0, 0.05) is 30.2 Å². The lowest BCUT2D eigenvalue weighted by atomic mass is 9.98. The molecule has 1 saturated heterocycles. The summed E-state index contributed by atoms with van der Waals surface area (Å²) >= 11 is 0. The van der Waals surface area contributed by atoms with E-state index in [1.54, 1.807) is 12.1 Å². The van der Waals surface area contributed by atoms with Crippen LogP contribution in [-0.4, -0.2) is 47.7 Å². The molecule has 3 N–H and O–H groups in total. The highest BCUT2D eigenvalue weighted by molar-refractivity contribution is 6.00. The number of hydrogen-bond donors (Lipinski definition) is 3. The number of benzene rings is 1. The van der Waals surface area contributed by atoms with E-state index in [9.17, 15) is 19.5 Å². The average Bonchev–Trinajstić information content (AvgIpc) is 3.22. The summed E-state index contributed by atoms with van der Waals surface area (Å²) in [7, 11) is 0. The second kappa shape index (κ2) is 6.00. The molecule has 7 heteroatoms. The van der Waals surface area contributed by atoms with Gasteiger partial charge in [-0.05, 0) is 37.1 Å². The first-order valence-corrected chi connectivity index (χ1v) is 7.55. The number of ether oxygens (including phenoxy) is 1. The summed E-state index contributed by atoms with van der Waals surface area (Å²) in [5, 5.41) is 14.7. The fourth-order valence-corrected chi connectivity index (χ4v) is 2.44. The summed E-state index contributed by atoms with van der Waals surface area (Å²) in [4.78, 5) is 35.5. The second-order valence-electron chi connectivity index (χ2n) is 5.97. The topological polar surface area (TPSA) is 105 Å². The van der Waals surface area contributed by atoms with Crippen LogP contribution in [0.3, 0.4) is 0 Å². The Hall–Kier alpha value is -2.41. The third-order valence-electron chi connectivity index (χ3n) is 4.11. The molecule has 2 aliphatic rings. The molecule has 3 rings (SSSR count). The molecule has 1 atom stereocenters. The molecule has 1 unspecified atom stereocenters. The molecule has 2 amide bonds. The van der Waals surface area contributed by atoms with E-state index in [0.717, 1.165) is 12.8 Å². The van der Waals surface area contributed by atoms with Crippen LogP contribution in [0, 0.1) is 0 Å². The molecule has 0 radical (unpaired) electrons. The molecule has 0 aromatic heterocycles. The van der Waals surface area contributed by atoms with Crippen LogP contribution in [0.4, 0.5) is 0 Å². The van der Waals surface area contributed by atoms with Crippen molar-refractivity contribution in [2.24, 2.45) is 0 Å². The average molecular weight is 318 g/mol. The number of rotatable bonds is 5. The van der Waals surface area contributed by atoms with Crippen LogP contribution < -0.4 is 10.6 Å². The minimum Gasteiger partial charge on any atom is -0.479 e. The van der Waals surface area contributed by atoms with E-state index < -0.39 is 17.4 Å². The molecule has 7 nitrogen and oxygen atoms in total. The van der Waals surface area contributed by atoms with Gasteiger partial charge in [0.2, 0.25) is 0 Å². The zero-order valence-corrected chi connectivity index (χ0v) is 12.5. The van der Waals surface area contributed by atoms with Gasteiger partial charge in [0.25, 0.3) is 11.8 Å². The van der Waals surface area contributed by atoms with Gasteiger partial charge in [-0.3, -0.25) is 9.59 Å². The highest BCUT2D eigenvalue weighted by Gasteiger charge is 2.44.